The molecule has 6 heteroatoms. The number of hydrogen-bond acceptors (Lipinski definition) is 4. The number of aromatic carboxylic acids is 1. The minimum Gasteiger partial charge on any atom is -0.504 e. The number of carbonyl (C=O) groups is 3. The molecule has 5 aliphatic rings. The lowest BCUT2D eigenvalue weighted by Gasteiger charge is -2.70. The van der Waals surface area contributed by atoms with E-state index in [4.69, 9.17) is 0 Å². The molecule has 0 unspecified atom stereocenters. The lowest BCUT2D eigenvalue weighted by atomic mass is 9.34. The number of hydrogen-bond donors (Lipinski definition) is 3. The third kappa shape index (κ3) is 3.45. The number of rotatable bonds is 3. The molecule has 0 spiro atoms. The molecule has 3 N–H and O–H groups in total. The Labute approximate surface area is 241 Å². The molecule has 1 aromatic carbocycles. The van der Waals surface area contributed by atoms with Crippen LogP contribution in [0.5, 0.6) is 0 Å². The average molecular weight is 557 g/mol. The van der Waals surface area contributed by atoms with Gasteiger partial charge in [0.25, 0.3) is 0 Å². The van der Waals surface area contributed by atoms with E-state index in [1.807, 2.05) is 6.92 Å². The third-order valence-corrected chi connectivity index (χ3v) is 12.7. The smallest absolute Gasteiger partial charge is 0.335 e. The fourth-order valence-electron chi connectivity index (χ4n) is 9.80. The fraction of sp³-hybridized carbons (Fsp3) is 0.514. The molecule has 1 aromatic rings. The van der Waals surface area contributed by atoms with Gasteiger partial charge in [-0.25, -0.2) is 4.79 Å². The second-order valence-electron chi connectivity index (χ2n) is 14.3. The Kier molecular flexibility index (Phi) is 5.79. The number of aliphatic hydroxyl groups is 1. The molecule has 0 aromatic heterocycles. The van der Waals surface area contributed by atoms with Crippen LogP contribution in [-0.4, -0.2) is 33.0 Å². The van der Waals surface area contributed by atoms with E-state index in [2.05, 4.69) is 39.8 Å². The molecule has 0 amide bonds. The zero-order valence-electron chi connectivity index (χ0n) is 24.6. The lowest BCUT2D eigenvalue weighted by molar-refractivity contribution is -0.169. The molecule has 0 saturated heterocycles. The largest absolute Gasteiger partial charge is 0.504 e. The summed E-state index contributed by atoms with van der Waals surface area (Å²) in [5, 5.41) is 30.6. The van der Waals surface area contributed by atoms with Crippen LogP contribution in [0.15, 0.2) is 70.5 Å². The first-order valence-electron chi connectivity index (χ1n) is 14.8. The van der Waals surface area contributed by atoms with Gasteiger partial charge in [0.2, 0.25) is 5.78 Å². The summed E-state index contributed by atoms with van der Waals surface area (Å²) in [7, 11) is 0. The number of carboxylic acids is 2. The number of fused-ring (bicyclic) bond motifs is 7. The van der Waals surface area contributed by atoms with E-state index in [1.165, 1.54) is 17.7 Å². The van der Waals surface area contributed by atoms with Crippen LogP contribution in [0.2, 0.25) is 0 Å². The molecule has 0 aliphatic heterocycles. The number of allylic oxidation sites excluding steroid dienone is 7. The normalized spacial score (nSPS) is 39.8. The number of carbonyl (C=O) groups excluding carboxylic acids is 1. The number of ketones is 1. The second-order valence-corrected chi connectivity index (χ2v) is 14.3. The molecular weight excluding hydrogens is 516 g/mol. The first kappa shape index (κ1) is 27.7. The molecule has 3 fully saturated rings. The molecule has 3 saturated carbocycles. The molecule has 6 rings (SSSR count). The first-order valence-corrected chi connectivity index (χ1v) is 14.8. The maximum absolute atomic E-state index is 13.1. The minimum atomic E-state index is -1.07. The summed E-state index contributed by atoms with van der Waals surface area (Å²) in [6.07, 6.45) is 11.5. The van der Waals surface area contributed by atoms with Crippen molar-refractivity contribution in [2.24, 2.45) is 27.6 Å². The van der Waals surface area contributed by atoms with E-state index in [1.54, 1.807) is 18.2 Å². The van der Waals surface area contributed by atoms with Gasteiger partial charge in [0, 0.05) is 11.0 Å². The van der Waals surface area contributed by atoms with Gasteiger partial charge in [-0.15, -0.1) is 0 Å². The average Bonchev–Trinajstić information content (AvgIpc) is 2.93. The Bertz CT molecular complexity index is 1520. The van der Waals surface area contributed by atoms with Crippen LogP contribution in [0.4, 0.5) is 0 Å². The van der Waals surface area contributed by atoms with Crippen molar-refractivity contribution in [1.82, 2.24) is 0 Å². The van der Waals surface area contributed by atoms with Gasteiger partial charge < -0.3 is 15.3 Å². The maximum Gasteiger partial charge on any atom is 0.335 e. The Morgan fingerprint density at radius 2 is 1.54 bits per heavy atom. The number of aliphatic carboxylic acids is 1. The van der Waals surface area contributed by atoms with Crippen LogP contribution in [-0.2, 0) is 15.0 Å². The molecule has 5 aliphatic carbocycles. The summed E-state index contributed by atoms with van der Waals surface area (Å²) in [6.45, 7) is 11.1. The zero-order valence-corrected chi connectivity index (χ0v) is 24.6. The summed E-state index contributed by atoms with van der Waals surface area (Å²) < 4.78 is 0. The van der Waals surface area contributed by atoms with Gasteiger partial charge in [0.05, 0.1) is 11.0 Å². The van der Waals surface area contributed by atoms with E-state index in [0.717, 1.165) is 43.3 Å². The second kappa shape index (κ2) is 8.56. The first-order chi connectivity index (χ1) is 19.1. The van der Waals surface area contributed by atoms with Gasteiger partial charge >= 0.3 is 11.9 Å². The number of benzene rings is 1. The molecule has 6 atom stereocenters. The van der Waals surface area contributed by atoms with Gasteiger partial charge in [-0.1, -0.05) is 57.6 Å². The molecular formula is C35H40O6. The summed E-state index contributed by atoms with van der Waals surface area (Å²) in [5.74, 6) is -2.23. The van der Waals surface area contributed by atoms with Crippen molar-refractivity contribution in [3.8, 4) is 0 Å². The van der Waals surface area contributed by atoms with E-state index in [0.29, 0.717) is 24.0 Å². The van der Waals surface area contributed by atoms with Crippen LogP contribution >= 0.6 is 0 Å². The van der Waals surface area contributed by atoms with E-state index < -0.39 is 17.4 Å². The highest BCUT2D eigenvalue weighted by Crippen LogP contribution is 2.75. The predicted octanol–water partition coefficient (Wildman–Crippen LogP) is 7.33. The standard InChI is InChI=1S/C35H40O6/c1-20-23-10-11-26-32(3,24(23)18-25(36)28(20)37)14-16-34(5)27-19-35(30(40)41,22-8-6-21(7-9-22)29(38)39)17-13-31(27,2)12-15-33(26,34)4/h6-11,18,27,37H,12-17,19H2,1-5H3,(H,38,39)(H,40,41)/t27-,31+,32+,33-,34+,35-/m1/s1. The van der Waals surface area contributed by atoms with Gasteiger partial charge in [0.1, 0.15) is 0 Å². The van der Waals surface area contributed by atoms with Crippen LogP contribution in [0.3, 0.4) is 0 Å². The molecule has 0 radical (unpaired) electrons. The van der Waals surface area contributed by atoms with Crippen molar-refractivity contribution in [3.05, 3.63) is 81.7 Å². The molecule has 6 nitrogen and oxygen atoms in total. The van der Waals surface area contributed by atoms with Crippen LogP contribution in [0.25, 0.3) is 0 Å². The van der Waals surface area contributed by atoms with Crippen LogP contribution in [0, 0.1) is 27.6 Å². The van der Waals surface area contributed by atoms with Crippen molar-refractivity contribution in [1.29, 1.82) is 0 Å². The predicted molar refractivity (Wildman–Crippen MR) is 156 cm³/mol. The van der Waals surface area contributed by atoms with Gasteiger partial charge in [-0.3, -0.25) is 9.59 Å². The highest BCUT2D eigenvalue weighted by atomic mass is 16.4. The molecule has 0 bridgehead atoms. The fourth-order valence-corrected chi connectivity index (χ4v) is 9.80. The molecule has 216 valence electrons. The monoisotopic (exact) mass is 556 g/mol. The summed E-state index contributed by atoms with van der Waals surface area (Å²) in [5.41, 5.74) is 2.93. The Hall–Kier alpha value is -3.41. The Morgan fingerprint density at radius 1 is 0.878 bits per heavy atom. The topological polar surface area (TPSA) is 112 Å². The summed E-state index contributed by atoms with van der Waals surface area (Å²) >= 11 is 0. The Morgan fingerprint density at radius 3 is 2.17 bits per heavy atom. The van der Waals surface area contributed by atoms with E-state index >= 15 is 0 Å². The summed E-state index contributed by atoms with van der Waals surface area (Å²) in [6, 6.07) is 6.46. The van der Waals surface area contributed by atoms with Gasteiger partial charge in [-0.05, 0) is 109 Å². The van der Waals surface area contributed by atoms with Crippen LogP contribution < -0.4 is 0 Å². The van der Waals surface area contributed by atoms with Gasteiger partial charge in [0.15, 0.2) is 5.76 Å². The minimum absolute atomic E-state index is 0.00334. The van der Waals surface area contributed by atoms with Crippen LogP contribution in [0.1, 0.15) is 95.5 Å². The Balaban J connectivity index is 1.46. The highest BCUT2D eigenvalue weighted by molar-refractivity contribution is 6.06. The molecule has 41 heavy (non-hydrogen) atoms. The summed E-state index contributed by atoms with van der Waals surface area (Å²) in [4.78, 5) is 37.4. The maximum atomic E-state index is 13.1. The van der Waals surface area contributed by atoms with Gasteiger partial charge in [-0.2, -0.15) is 0 Å². The van der Waals surface area contributed by atoms with Crippen molar-refractivity contribution < 1.29 is 29.7 Å². The third-order valence-electron chi connectivity index (χ3n) is 12.7. The number of aliphatic hydroxyl groups excluding tert-OH is 1. The van der Waals surface area contributed by atoms with E-state index in [-0.39, 0.29) is 44.7 Å². The SMILES string of the molecule is CC1=C(O)C(=O)C=C2C1=CC=C1[C@@]2(C)CC[C@@]2(C)[C@@H]3C[C@@](C(=O)O)(c4ccc(C(=O)O)cc4)CC[C@]3(C)CC[C@]12C. The molecule has 0 heterocycles. The van der Waals surface area contributed by atoms with Crippen molar-refractivity contribution in [2.45, 2.75) is 85.0 Å². The quantitative estimate of drug-likeness (QED) is 0.359. The lowest BCUT2D eigenvalue weighted by Crippen LogP contribution is -2.63. The van der Waals surface area contributed by atoms with Crippen molar-refractivity contribution >= 4 is 17.7 Å². The van der Waals surface area contributed by atoms with E-state index in [9.17, 15) is 29.7 Å². The zero-order chi connectivity index (χ0) is 29.8. The number of carboxylic acid groups (broad SMARTS) is 2. The van der Waals surface area contributed by atoms with Crippen molar-refractivity contribution in [2.75, 3.05) is 0 Å². The highest BCUT2D eigenvalue weighted by Gasteiger charge is 2.68. The van der Waals surface area contributed by atoms with Crippen molar-refractivity contribution in [3.63, 3.8) is 0 Å².